The Hall–Kier alpha value is -2.08. The van der Waals surface area contributed by atoms with Crippen LogP contribution in [-0.2, 0) is 11.2 Å². The van der Waals surface area contributed by atoms with Gasteiger partial charge in [-0.15, -0.1) is 0 Å². The van der Waals surface area contributed by atoms with Gasteiger partial charge in [0.2, 0.25) is 5.91 Å². The smallest absolute Gasteiger partial charge is 0.305 e. The highest BCUT2D eigenvalue weighted by Gasteiger charge is 2.11. The summed E-state index contributed by atoms with van der Waals surface area (Å²) in [4.78, 5) is 23.2. The number of amides is 2. The molecule has 20 heavy (non-hydrogen) atoms. The van der Waals surface area contributed by atoms with Gasteiger partial charge >= 0.3 is 5.91 Å². The molecule has 2 amide bonds. The van der Waals surface area contributed by atoms with Crippen molar-refractivity contribution in [1.82, 2.24) is 10.9 Å². The second-order valence-corrected chi connectivity index (χ2v) is 4.87. The van der Waals surface area contributed by atoms with Gasteiger partial charge in [0.25, 0.3) is 0 Å². The molecule has 0 aliphatic carbocycles. The summed E-state index contributed by atoms with van der Waals surface area (Å²) in [6.07, 6.45) is 0.918. The zero-order valence-corrected chi connectivity index (χ0v) is 12.1. The van der Waals surface area contributed by atoms with E-state index in [0.29, 0.717) is 17.5 Å². The monoisotopic (exact) mass is 336 g/mol. The van der Waals surface area contributed by atoms with E-state index in [9.17, 15) is 9.59 Å². The Bertz CT molecular complexity index is 595. The highest BCUT2D eigenvalue weighted by Crippen LogP contribution is 2.13. The second kappa shape index (κ2) is 6.91. The number of aryl methyl sites for hydroxylation is 1. The maximum Gasteiger partial charge on any atom is 0.305 e. The molecule has 0 aliphatic heterocycles. The van der Waals surface area contributed by atoms with Crippen molar-refractivity contribution in [3.05, 3.63) is 58.5 Å². The molecular formula is C14H13BrN2O3. The molecule has 0 unspecified atom stereocenters. The predicted octanol–water partition coefficient (Wildman–Crippen LogP) is 2.44. The summed E-state index contributed by atoms with van der Waals surface area (Å²) in [5.41, 5.74) is 5.71. The van der Waals surface area contributed by atoms with Crippen LogP contribution in [0.5, 0.6) is 0 Å². The van der Waals surface area contributed by atoms with Crippen LogP contribution in [-0.4, -0.2) is 11.8 Å². The molecule has 1 aromatic heterocycles. The van der Waals surface area contributed by atoms with Crippen LogP contribution in [0.4, 0.5) is 0 Å². The first-order valence-corrected chi connectivity index (χ1v) is 6.83. The van der Waals surface area contributed by atoms with Gasteiger partial charge in [0, 0.05) is 6.42 Å². The number of carbonyl (C=O) groups excluding carboxylic acids is 2. The number of benzene rings is 1. The first-order valence-electron chi connectivity index (χ1n) is 6.03. The van der Waals surface area contributed by atoms with E-state index in [1.54, 1.807) is 6.07 Å². The Labute approximate surface area is 124 Å². The van der Waals surface area contributed by atoms with E-state index >= 15 is 0 Å². The summed E-state index contributed by atoms with van der Waals surface area (Å²) in [6.45, 7) is 0. The molecule has 2 aromatic rings. The number of halogens is 1. The highest BCUT2D eigenvalue weighted by atomic mass is 79.9. The van der Waals surface area contributed by atoms with Crippen molar-refractivity contribution < 1.29 is 14.0 Å². The fourth-order valence-electron chi connectivity index (χ4n) is 1.59. The average Bonchev–Trinajstić information content (AvgIpc) is 2.90. The molecular weight excluding hydrogens is 324 g/mol. The van der Waals surface area contributed by atoms with Gasteiger partial charge in [0.1, 0.15) is 0 Å². The number of carbonyl (C=O) groups is 2. The fourth-order valence-corrected chi connectivity index (χ4v) is 1.90. The van der Waals surface area contributed by atoms with E-state index in [4.69, 9.17) is 4.42 Å². The largest absolute Gasteiger partial charge is 0.444 e. The van der Waals surface area contributed by atoms with E-state index in [-0.39, 0.29) is 11.7 Å². The first-order chi connectivity index (χ1) is 9.65. The van der Waals surface area contributed by atoms with Crippen molar-refractivity contribution >= 4 is 27.7 Å². The molecule has 0 bridgehead atoms. The molecule has 0 spiro atoms. The lowest BCUT2D eigenvalue weighted by Gasteiger charge is -2.05. The van der Waals surface area contributed by atoms with Gasteiger partial charge in [-0.2, -0.15) is 0 Å². The number of hydrogen-bond acceptors (Lipinski definition) is 3. The molecule has 1 aromatic carbocycles. The third-order valence-electron chi connectivity index (χ3n) is 2.60. The standard InChI is InChI=1S/C14H13BrN2O3/c15-12-8-7-11(20-12)14(19)17-16-13(18)9-6-10-4-2-1-3-5-10/h1-5,7-8H,6,9H2,(H,16,18)(H,17,19). The van der Waals surface area contributed by atoms with Crippen molar-refractivity contribution in [3.8, 4) is 0 Å². The lowest BCUT2D eigenvalue weighted by atomic mass is 10.1. The molecule has 0 radical (unpaired) electrons. The van der Waals surface area contributed by atoms with E-state index in [1.807, 2.05) is 30.3 Å². The molecule has 0 aliphatic rings. The van der Waals surface area contributed by atoms with Crippen LogP contribution in [0.2, 0.25) is 0 Å². The summed E-state index contributed by atoms with van der Waals surface area (Å²) in [7, 11) is 0. The van der Waals surface area contributed by atoms with Gasteiger partial charge in [-0.3, -0.25) is 20.4 Å². The SMILES string of the molecule is O=C(CCc1ccccc1)NNC(=O)c1ccc(Br)o1. The van der Waals surface area contributed by atoms with Crippen LogP contribution in [0.15, 0.2) is 51.6 Å². The van der Waals surface area contributed by atoms with E-state index < -0.39 is 5.91 Å². The lowest BCUT2D eigenvalue weighted by Crippen LogP contribution is -2.41. The molecule has 2 N–H and O–H groups in total. The minimum atomic E-state index is -0.497. The van der Waals surface area contributed by atoms with E-state index in [2.05, 4.69) is 26.8 Å². The highest BCUT2D eigenvalue weighted by molar-refractivity contribution is 9.10. The Kier molecular flexibility index (Phi) is 4.95. The molecule has 2 rings (SSSR count). The summed E-state index contributed by atoms with van der Waals surface area (Å²) < 4.78 is 5.52. The third-order valence-corrected chi connectivity index (χ3v) is 3.02. The normalized spacial score (nSPS) is 10.1. The predicted molar refractivity (Wildman–Crippen MR) is 76.8 cm³/mol. The number of rotatable bonds is 4. The number of nitrogens with one attached hydrogen (secondary N) is 2. The summed E-state index contributed by atoms with van der Waals surface area (Å²) in [5.74, 6) is -0.628. The first kappa shape index (κ1) is 14.3. The molecule has 104 valence electrons. The quantitative estimate of drug-likeness (QED) is 0.842. The lowest BCUT2D eigenvalue weighted by molar-refractivity contribution is -0.121. The van der Waals surface area contributed by atoms with Gasteiger partial charge in [0.15, 0.2) is 10.4 Å². The maximum atomic E-state index is 11.6. The number of furan rings is 1. The van der Waals surface area contributed by atoms with Crippen molar-refractivity contribution in [1.29, 1.82) is 0 Å². The van der Waals surface area contributed by atoms with Crippen LogP contribution in [0.1, 0.15) is 22.5 Å². The van der Waals surface area contributed by atoms with Crippen LogP contribution < -0.4 is 10.9 Å². The van der Waals surface area contributed by atoms with E-state index in [1.165, 1.54) is 6.07 Å². The van der Waals surface area contributed by atoms with Gasteiger partial charge in [-0.25, -0.2) is 0 Å². The maximum absolute atomic E-state index is 11.6. The molecule has 1 heterocycles. The Morgan fingerprint density at radius 1 is 1.05 bits per heavy atom. The number of hydrogen-bond donors (Lipinski definition) is 2. The fraction of sp³-hybridized carbons (Fsp3) is 0.143. The Balaban J connectivity index is 1.74. The van der Waals surface area contributed by atoms with Crippen LogP contribution >= 0.6 is 15.9 Å². The zero-order chi connectivity index (χ0) is 14.4. The number of hydrazine groups is 1. The minimum Gasteiger partial charge on any atom is -0.444 e. The van der Waals surface area contributed by atoms with Crippen molar-refractivity contribution in [2.75, 3.05) is 0 Å². The van der Waals surface area contributed by atoms with E-state index in [0.717, 1.165) is 5.56 Å². The van der Waals surface area contributed by atoms with Crippen LogP contribution in [0, 0.1) is 0 Å². The van der Waals surface area contributed by atoms with Crippen molar-refractivity contribution in [2.45, 2.75) is 12.8 Å². The average molecular weight is 337 g/mol. The Morgan fingerprint density at radius 2 is 1.80 bits per heavy atom. The topological polar surface area (TPSA) is 71.3 Å². The van der Waals surface area contributed by atoms with Crippen molar-refractivity contribution in [3.63, 3.8) is 0 Å². The Morgan fingerprint density at radius 3 is 2.45 bits per heavy atom. The summed E-state index contributed by atoms with van der Waals surface area (Å²) in [6, 6.07) is 12.8. The van der Waals surface area contributed by atoms with Gasteiger partial charge in [-0.1, -0.05) is 30.3 Å². The molecule has 0 fully saturated rings. The van der Waals surface area contributed by atoms with Crippen molar-refractivity contribution in [2.24, 2.45) is 0 Å². The zero-order valence-electron chi connectivity index (χ0n) is 10.6. The van der Waals surface area contributed by atoms with Gasteiger partial charge in [0.05, 0.1) is 0 Å². The van der Waals surface area contributed by atoms with Gasteiger partial charge < -0.3 is 4.42 Å². The molecule has 0 atom stereocenters. The molecule has 0 saturated carbocycles. The minimum absolute atomic E-state index is 0.125. The van der Waals surface area contributed by atoms with Crippen LogP contribution in [0.3, 0.4) is 0 Å². The molecule has 5 nitrogen and oxygen atoms in total. The molecule has 6 heteroatoms. The third kappa shape index (κ3) is 4.24. The summed E-state index contributed by atoms with van der Waals surface area (Å²) in [5, 5.41) is 0. The molecule has 0 saturated heterocycles. The second-order valence-electron chi connectivity index (χ2n) is 4.09. The summed E-state index contributed by atoms with van der Waals surface area (Å²) >= 11 is 3.10. The van der Waals surface area contributed by atoms with Gasteiger partial charge in [-0.05, 0) is 40.0 Å². The van der Waals surface area contributed by atoms with Crippen LogP contribution in [0.25, 0.3) is 0 Å².